The number of benzene rings is 2. The summed E-state index contributed by atoms with van der Waals surface area (Å²) in [6.45, 7) is 0.153. The smallest absolute Gasteiger partial charge is 0.303 e. The predicted octanol–water partition coefficient (Wildman–Crippen LogP) is 3.25. The highest BCUT2D eigenvalue weighted by Crippen LogP contribution is 2.25. The van der Waals surface area contributed by atoms with Crippen molar-refractivity contribution in [3.63, 3.8) is 0 Å². The van der Waals surface area contributed by atoms with Gasteiger partial charge >= 0.3 is 5.97 Å². The third-order valence-corrected chi connectivity index (χ3v) is 6.11. The first-order valence-electron chi connectivity index (χ1n) is 11.1. The van der Waals surface area contributed by atoms with E-state index in [-0.39, 0.29) is 18.8 Å². The lowest BCUT2D eigenvalue weighted by molar-refractivity contribution is -0.137. The molecule has 6 nitrogen and oxygen atoms in total. The third-order valence-electron chi connectivity index (χ3n) is 6.11. The van der Waals surface area contributed by atoms with E-state index >= 15 is 0 Å². The molecular weight excluding hydrogens is 394 g/mol. The molecule has 0 fully saturated rings. The second kappa shape index (κ2) is 11.3. The van der Waals surface area contributed by atoms with Crippen molar-refractivity contribution in [3.8, 4) is 5.75 Å². The van der Waals surface area contributed by atoms with Gasteiger partial charge in [-0.25, -0.2) is 0 Å². The van der Waals surface area contributed by atoms with Crippen LogP contribution in [0.25, 0.3) is 0 Å². The number of unbranched alkanes of at least 4 members (excludes halogenated alkanes) is 2. The van der Waals surface area contributed by atoms with E-state index in [4.69, 9.17) is 5.11 Å². The van der Waals surface area contributed by atoms with Crippen molar-refractivity contribution in [3.05, 3.63) is 64.2 Å². The SMILES string of the molecule is O=C(O)CCCCCc1ccc2c(c1)C[C@@H](NC[C@@H](O)c1ccc(O)c(CO)c1)CC2. The number of aliphatic hydroxyl groups is 2. The lowest BCUT2D eigenvalue weighted by Gasteiger charge is -2.27. The van der Waals surface area contributed by atoms with Crippen molar-refractivity contribution in [2.75, 3.05) is 6.54 Å². The Morgan fingerprint density at radius 2 is 1.94 bits per heavy atom. The maximum Gasteiger partial charge on any atom is 0.303 e. The van der Waals surface area contributed by atoms with Crippen LogP contribution < -0.4 is 5.32 Å². The van der Waals surface area contributed by atoms with E-state index in [9.17, 15) is 20.1 Å². The molecule has 5 N–H and O–H groups in total. The van der Waals surface area contributed by atoms with Gasteiger partial charge in [0, 0.05) is 24.6 Å². The minimum atomic E-state index is -0.725. The van der Waals surface area contributed by atoms with E-state index in [2.05, 4.69) is 23.5 Å². The second-order valence-corrected chi connectivity index (χ2v) is 8.47. The normalized spacial score (nSPS) is 16.6. The number of rotatable bonds is 11. The molecule has 1 aliphatic rings. The van der Waals surface area contributed by atoms with Gasteiger partial charge in [-0.1, -0.05) is 30.7 Å². The molecule has 3 rings (SSSR count). The van der Waals surface area contributed by atoms with Crippen molar-refractivity contribution in [1.29, 1.82) is 0 Å². The van der Waals surface area contributed by atoms with Crippen LogP contribution in [0.3, 0.4) is 0 Å². The summed E-state index contributed by atoms with van der Waals surface area (Å²) in [6.07, 6.45) is 6.13. The Kier molecular flexibility index (Phi) is 8.46. The zero-order valence-corrected chi connectivity index (χ0v) is 17.9. The van der Waals surface area contributed by atoms with Crippen molar-refractivity contribution >= 4 is 5.97 Å². The number of aromatic hydroxyl groups is 1. The molecule has 1 aliphatic carbocycles. The number of aliphatic hydroxyl groups excluding tert-OH is 2. The fourth-order valence-corrected chi connectivity index (χ4v) is 4.26. The molecule has 0 unspecified atom stereocenters. The Morgan fingerprint density at radius 3 is 2.71 bits per heavy atom. The first-order valence-corrected chi connectivity index (χ1v) is 11.1. The Hall–Kier alpha value is -2.41. The van der Waals surface area contributed by atoms with Gasteiger partial charge in [0.25, 0.3) is 0 Å². The fraction of sp³-hybridized carbons (Fsp3) is 0.480. The van der Waals surface area contributed by atoms with Crippen molar-refractivity contribution in [2.45, 2.75) is 70.1 Å². The number of nitrogens with one attached hydrogen (secondary N) is 1. The summed E-state index contributed by atoms with van der Waals surface area (Å²) in [7, 11) is 0. The largest absolute Gasteiger partial charge is 0.508 e. The topological polar surface area (TPSA) is 110 Å². The van der Waals surface area contributed by atoms with E-state index in [1.54, 1.807) is 12.1 Å². The van der Waals surface area contributed by atoms with Crippen molar-refractivity contribution < 1.29 is 25.2 Å². The van der Waals surface area contributed by atoms with Crippen LogP contribution in [0.5, 0.6) is 5.75 Å². The van der Waals surface area contributed by atoms with Gasteiger partial charge in [0.05, 0.1) is 12.7 Å². The Bertz CT molecular complexity index is 882. The van der Waals surface area contributed by atoms with Gasteiger partial charge in [-0.2, -0.15) is 0 Å². The van der Waals surface area contributed by atoms with Crippen LogP contribution in [-0.4, -0.2) is 39.0 Å². The molecule has 0 spiro atoms. The first kappa shape index (κ1) is 23.3. The molecule has 0 bridgehead atoms. The molecule has 0 saturated heterocycles. The molecular formula is C25H33NO5. The van der Waals surface area contributed by atoms with Crippen LogP contribution in [0, 0.1) is 0 Å². The molecule has 2 aromatic rings. The van der Waals surface area contributed by atoms with Crippen molar-refractivity contribution in [1.82, 2.24) is 5.32 Å². The van der Waals surface area contributed by atoms with Gasteiger partial charge in [0.2, 0.25) is 0 Å². The summed E-state index contributed by atoms with van der Waals surface area (Å²) >= 11 is 0. The van der Waals surface area contributed by atoms with Crippen LogP contribution in [-0.2, 0) is 30.7 Å². The van der Waals surface area contributed by atoms with Crippen LogP contribution in [0.15, 0.2) is 36.4 Å². The van der Waals surface area contributed by atoms with Crippen molar-refractivity contribution in [2.24, 2.45) is 0 Å². The van der Waals surface area contributed by atoms with Crippen LogP contribution in [0.4, 0.5) is 0 Å². The van der Waals surface area contributed by atoms with E-state index in [1.165, 1.54) is 22.8 Å². The van der Waals surface area contributed by atoms with Gasteiger partial charge in [-0.3, -0.25) is 4.79 Å². The number of phenols is 1. The van der Waals surface area contributed by atoms with Gasteiger partial charge in [0.1, 0.15) is 5.75 Å². The van der Waals surface area contributed by atoms with Crippen LogP contribution >= 0.6 is 0 Å². The van der Waals surface area contributed by atoms with Gasteiger partial charge in [-0.15, -0.1) is 0 Å². The number of aliphatic carboxylic acids is 1. The van der Waals surface area contributed by atoms with E-state index in [1.807, 2.05) is 0 Å². The lowest BCUT2D eigenvalue weighted by Crippen LogP contribution is -2.37. The number of carboxylic acid groups (broad SMARTS) is 1. The van der Waals surface area contributed by atoms with Gasteiger partial charge in [0.15, 0.2) is 0 Å². The zero-order chi connectivity index (χ0) is 22.2. The molecule has 31 heavy (non-hydrogen) atoms. The average molecular weight is 428 g/mol. The number of fused-ring (bicyclic) bond motifs is 1. The van der Waals surface area contributed by atoms with Crippen LogP contribution in [0.2, 0.25) is 0 Å². The number of carbonyl (C=O) groups is 1. The highest BCUT2D eigenvalue weighted by molar-refractivity contribution is 5.66. The average Bonchev–Trinajstić information content (AvgIpc) is 2.77. The Labute approximate surface area is 183 Å². The summed E-state index contributed by atoms with van der Waals surface area (Å²) in [5.41, 5.74) is 5.14. The molecule has 2 aromatic carbocycles. The molecule has 2 atom stereocenters. The van der Waals surface area contributed by atoms with Crippen LogP contribution in [0.1, 0.15) is 66.0 Å². The summed E-state index contributed by atoms with van der Waals surface area (Å²) < 4.78 is 0. The van der Waals surface area contributed by atoms with E-state index in [0.29, 0.717) is 23.7 Å². The molecule has 0 aromatic heterocycles. The maximum atomic E-state index is 10.6. The zero-order valence-electron chi connectivity index (χ0n) is 17.9. The molecule has 0 amide bonds. The molecule has 0 saturated carbocycles. The molecule has 0 radical (unpaired) electrons. The summed E-state index contributed by atoms with van der Waals surface area (Å²) in [5.74, 6) is -0.690. The fourth-order valence-electron chi connectivity index (χ4n) is 4.26. The minimum Gasteiger partial charge on any atom is -0.508 e. The van der Waals surface area contributed by atoms with Gasteiger partial charge < -0.3 is 25.7 Å². The Morgan fingerprint density at radius 1 is 1.10 bits per heavy atom. The summed E-state index contributed by atoms with van der Waals surface area (Å²) in [4.78, 5) is 10.6. The third kappa shape index (κ3) is 6.79. The number of carboxylic acids is 1. The number of aryl methyl sites for hydroxylation is 2. The standard InChI is InChI=1S/C25H33NO5/c27-16-21-13-19(9-11-23(21)28)24(29)15-26-22-10-8-18-7-6-17(12-20(18)14-22)4-2-1-3-5-25(30)31/h6-7,9,11-13,22,24,26-29H,1-5,8,10,14-16H2,(H,30,31)/t22-,24+/m0/s1. The Balaban J connectivity index is 1.50. The number of hydrogen-bond donors (Lipinski definition) is 5. The lowest BCUT2D eigenvalue weighted by atomic mass is 9.86. The monoisotopic (exact) mass is 427 g/mol. The summed E-state index contributed by atoms with van der Waals surface area (Å²) in [6, 6.07) is 11.8. The highest BCUT2D eigenvalue weighted by Gasteiger charge is 2.20. The van der Waals surface area contributed by atoms with E-state index < -0.39 is 12.1 Å². The summed E-state index contributed by atoms with van der Waals surface area (Å²) in [5, 5.41) is 41.7. The molecule has 6 heteroatoms. The van der Waals surface area contributed by atoms with E-state index in [0.717, 1.165) is 44.9 Å². The van der Waals surface area contributed by atoms with Gasteiger partial charge in [-0.05, 0) is 72.9 Å². The first-order chi connectivity index (χ1) is 15.0. The number of hydrogen-bond acceptors (Lipinski definition) is 5. The maximum absolute atomic E-state index is 10.6. The minimum absolute atomic E-state index is 0.0352. The highest BCUT2D eigenvalue weighted by atomic mass is 16.4. The molecule has 0 heterocycles. The molecule has 0 aliphatic heterocycles. The predicted molar refractivity (Wildman–Crippen MR) is 119 cm³/mol. The molecule has 168 valence electrons. The quantitative estimate of drug-likeness (QED) is 0.352. The second-order valence-electron chi connectivity index (χ2n) is 8.47.